The molecule has 9 heteroatoms. The molecule has 0 radical (unpaired) electrons. The number of fused-ring (bicyclic) bond motifs is 1. The van der Waals surface area contributed by atoms with Gasteiger partial charge in [-0.15, -0.1) is 0 Å². The third kappa shape index (κ3) is 1.49. The number of H-pyrrole nitrogens is 3. The summed E-state index contributed by atoms with van der Waals surface area (Å²) in [5.74, 6) is 0. The average molecular weight is 254 g/mol. The Balaban J connectivity index is 2.19. The van der Waals surface area contributed by atoms with E-state index in [2.05, 4.69) is 15.2 Å². The second-order valence-corrected chi connectivity index (χ2v) is 4.08. The zero-order chi connectivity index (χ0) is 12.9. The zero-order valence-electron chi connectivity index (χ0n) is 9.01. The van der Waals surface area contributed by atoms with Gasteiger partial charge in [0, 0.05) is 0 Å². The first-order valence-corrected chi connectivity index (χ1v) is 5.26. The monoisotopic (exact) mass is 254 g/mol. The van der Waals surface area contributed by atoms with Gasteiger partial charge in [-0.3, -0.25) is 14.9 Å². The molecule has 1 saturated heterocycles. The lowest BCUT2D eigenvalue weighted by atomic mass is 10.1. The van der Waals surface area contributed by atoms with Crippen molar-refractivity contribution >= 4 is 11.0 Å². The third-order valence-corrected chi connectivity index (χ3v) is 2.91. The van der Waals surface area contributed by atoms with Crippen molar-refractivity contribution in [2.75, 3.05) is 6.61 Å². The lowest BCUT2D eigenvalue weighted by Gasteiger charge is -2.12. The van der Waals surface area contributed by atoms with Crippen LogP contribution in [0.5, 0.6) is 0 Å². The van der Waals surface area contributed by atoms with Gasteiger partial charge in [-0.2, -0.15) is 5.10 Å². The van der Waals surface area contributed by atoms with Gasteiger partial charge >= 0.3 is 5.69 Å². The first-order chi connectivity index (χ1) is 8.58. The van der Waals surface area contributed by atoms with Crippen molar-refractivity contribution in [1.82, 2.24) is 20.2 Å². The van der Waals surface area contributed by atoms with Crippen LogP contribution in [0.4, 0.5) is 0 Å². The van der Waals surface area contributed by atoms with Gasteiger partial charge in [0.05, 0.1) is 17.8 Å². The molecule has 1 fully saturated rings. The summed E-state index contributed by atoms with van der Waals surface area (Å²) in [4.78, 5) is 27.1. The Morgan fingerprint density at radius 2 is 2.06 bits per heavy atom. The van der Waals surface area contributed by atoms with E-state index in [0.29, 0.717) is 0 Å². The van der Waals surface area contributed by atoms with Crippen molar-refractivity contribution in [3.05, 3.63) is 26.5 Å². The number of rotatable bonds is 1. The minimum Gasteiger partial charge on any atom is -0.388 e. The number of aromatic nitrogens is 4. The van der Waals surface area contributed by atoms with Crippen LogP contribution in [-0.2, 0) is 4.74 Å². The SMILES string of the molecule is O=c1[nH]c(=O)c2n[nH]c(C3OCC(O)C3O)c2[nH]1. The maximum Gasteiger partial charge on any atom is 0.326 e. The van der Waals surface area contributed by atoms with Crippen molar-refractivity contribution in [3.8, 4) is 0 Å². The Bertz CT molecular complexity index is 701. The largest absolute Gasteiger partial charge is 0.388 e. The van der Waals surface area contributed by atoms with Gasteiger partial charge in [0.15, 0.2) is 5.52 Å². The van der Waals surface area contributed by atoms with E-state index in [9.17, 15) is 19.8 Å². The van der Waals surface area contributed by atoms with Gasteiger partial charge in [0.1, 0.15) is 18.3 Å². The molecular weight excluding hydrogens is 244 g/mol. The van der Waals surface area contributed by atoms with Crippen LogP contribution in [0, 0.1) is 0 Å². The maximum absolute atomic E-state index is 11.5. The van der Waals surface area contributed by atoms with E-state index in [-0.39, 0.29) is 23.3 Å². The highest BCUT2D eigenvalue weighted by Crippen LogP contribution is 2.30. The molecule has 3 atom stereocenters. The molecule has 3 heterocycles. The van der Waals surface area contributed by atoms with Crippen molar-refractivity contribution in [3.63, 3.8) is 0 Å². The molecule has 0 spiro atoms. The molecule has 2 aromatic heterocycles. The van der Waals surface area contributed by atoms with E-state index in [1.54, 1.807) is 0 Å². The number of hydrogen-bond donors (Lipinski definition) is 5. The lowest BCUT2D eigenvalue weighted by molar-refractivity contribution is 0.0210. The Morgan fingerprint density at radius 3 is 2.72 bits per heavy atom. The normalized spacial score (nSPS) is 28.0. The Hall–Kier alpha value is -1.97. The lowest BCUT2D eigenvalue weighted by Crippen LogP contribution is -2.26. The summed E-state index contributed by atoms with van der Waals surface area (Å²) >= 11 is 0. The van der Waals surface area contributed by atoms with Crippen molar-refractivity contribution in [1.29, 1.82) is 0 Å². The fraction of sp³-hybridized carbons (Fsp3) is 0.444. The predicted octanol–water partition coefficient (Wildman–Crippen LogP) is -2.27. The first kappa shape index (κ1) is 11.1. The van der Waals surface area contributed by atoms with Crippen molar-refractivity contribution in [2.24, 2.45) is 0 Å². The van der Waals surface area contributed by atoms with E-state index in [1.807, 2.05) is 4.98 Å². The van der Waals surface area contributed by atoms with E-state index < -0.39 is 29.6 Å². The quantitative estimate of drug-likeness (QED) is 0.388. The number of nitrogens with one attached hydrogen (secondary N) is 3. The van der Waals surface area contributed by atoms with Gasteiger partial charge in [-0.25, -0.2) is 4.79 Å². The van der Waals surface area contributed by atoms with Crippen LogP contribution >= 0.6 is 0 Å². The predicted molar refractivity (Wildman–Crippen MR) is 58.0 cm³/mol. The molecule has 96 valence electrons. The van der Waals surface area contributed by atoms with Crippen LogP contribution in [0.3, 0.4) is 0 Å². The molecule has 18 heavy (non-hydrogen) atoms. The Morgan fingerprint density at radius 1 is 1.28 bits per heavy atom. The number of aliphatic hydroxyl groups is 2. The molecule has 1 aliphatic heterocycles. The summed E-state index contributed by atoms with van der Waals surface area (Å²) in [5, 5.41) is 25.4. The summed E-state index contributed by atoms with van der Waals surface area (Å²) in [5.41, 5.74) is -0.867. The summed E-state index contributed by atoms with van der Waals surface area (Å²) in [6.07, 6.45) is -3.01. The number of hydrogen-bond acceptors (Lipinski definition) is 6. The fourth-order valence-electron chi connectivity index (χ4n) is 2.01. The third-order valence-electron chi connectivity index (χ3n) is 2.91. The highest BCUT2D eigenvalue weighted by molar-refractivity contribution is 5.75. The molecule has 0 saturated carbocycles. The average Bonchev–Trinajstić information content (AvgIpc) is 2.85. The minimum atomic E-state index is -1.14. The van der Waals surface area contributed by atoms with E-state index >= 15 is 0 Å². The molecule has 0 amide bonds. The maximum atomic E-state index is 11.5. The molecule has 1 aliphatic rings. The molecule has 2 aromatic rings. The van der Waals surface area contributed by atoms with E-state index in [1.165, 1.54) is 0 Å². The molecular formula is C9H10N4O5. The van der Waals surface area contributed by atoms with E-state index in [0.717, 1.165) is 0 Å². The van der Waals surface area contributed by atoms with Crippen LogP contribution in [-0.4, -0.2) is 49.2 Å². The van der Waals surface area contributed by atoms with E-state index in [4.69, 9.17) is 4.74 Å². The van der Waals surface area contributed by atoms with Gasteiger partial charge < -0.3 is 19.9 Å². The van der Waals surface area contributed by atoms with Crippen molar-refractivity contribution in [2.45, 2.75) is 18.3 Å². The Kier molecular flexibility index (Phi) is 2.33. The van der Waals surface area contributed by atoms with Crippen molar-refractivity contribution < 1.29 is 14.9 Å². The summed E-state index contributed by atoms with van der Waals surface area (Å²) < 4.78 is 5.20. The standard InChI is InChI=1S/C9H10N4O5/c14-2-1-18-7(6(2)15)4-3-5(13-12-4)8(16)11-9(17)10-3/h2,6-7,14-15H,1H2,(H,12,13)(H2,10,11,16,17). The first-order valence-electron chi connectivity index (χ1n) is 5.26. The molecule has 9 nitrogen and oxygen atoms in total. The molecule has 5 N–H and O–H groups in total. The van der Waals surface area contributed by atoms with Crippen LogP contribution in [0.1, 0.15) is 11.8 Å². The number of nitrogens with zero attached hydrogens (tertiary/aromatic N) is 1. The summed E-state index contributed by atoms with van der Waals surface area (Å²) in [6, 6.07) is 0. The van der Waals surface area contributed by atoms with Crippen LogP contribution < -0.4 is 11.2 Å². The van der Waals surface area contributed by atoms with Gasteiger partial charge in [0.25, 0.3) is 5.56 Å². The van der Waals surface area contributed by atoms with Gasteiger partial charge in [0.2, 0.25) is 0 Å². The van der Waals surface area contributed by atoms with Crippen LogP contribution in [0.2, 0.25) is 0 Å². The fourth-order valence-corrected chi connectivity index (χ4v) is 2.01. The topological polar surface area (TPSA) is 144 Å². The molecule has 3 unspecified atom stereocenters. The van der Waals surface area contributed by atoms with Crippen LogP contribution in [0.15, 0.2) is 9.59 Å². The van der Waals surface area contributed by atoms with Gasteiger partial charge in [-0.1, -0.05) is 0 Å². The zero-order valence-corrected chi connectivity index (χ0v) is 9.01. The highest BCUT2D eigenvalue weighted by atomic mass is 16.5. The number of aromatic amines is 3. The second-order valence-electron chi connectivity index (χ2n) is 4.08. The Labute approximate surface area is 98.4 Å². The highest BCUT2D eigenvalue weighted by Gasteiger charge is 2.38. The molecule has 0 aliphatic carbocycles. The summed E-state index contributed by atoms with van der Waals surface area (Å²) in [6.45, 7) is -0.0280. The summed E-state index contributed by atoms with van der Waals surface area (Å²) in [7, 11) is 0. The van der Waals surface area contributed by atoms with Gasteiger partial charge in [-0.05, 0) is 0 Å². The number of ether oxygens (including phenoxy) is 1. The molecule has 3 rings (SSSR count). The second kappa shape index (κ2) is 3.77. The number of aliphatic hydroxyl groups excluding tert-OH is 2. The molecule has 0 bridgehead atoms. The smallest absolute Gasteiger partial charge is 0.326 e. The molecule has 0 aromatic carbocycles. The minimum absolute atomic E-state index is 0.0155. The van der Waals surface area contributed by atoms with Crippen LogP contribution in [0.25, 0.3) is 11.0 Å².